The topological polar surface area (TPSA) is 46.1 Å². The summed E-state index contributed by atoms with van der Waals surface area (Å²) in [5.74, 6) is 0.938. The summed E-state index contributed by atoms with van der Waals surface area (Å²) in [5, 5.41) is 5.79. The van der Waals surface area contributed by atoms with Crippen molar-refractivity contribution < 1.29 is 4.74 Å². The van der Waals surface area contributed by atoms with Crippen LogP contribution in [0.3, 0.4) is 0 Å². The van der Waals surface area contributed by atoms with Crippen LogP contribution in [-0.4, -0.2) is 45.4 Å². The molecule has 0 amide bonds. The van der Waals surface area contributed by atoms with Crippen LogP contribution in [0.15, 0.2) is 42.9 Å². The lowest BCUT2D eigenvalue weighted by molar-refractivity contribution is 0.243. The Labute approximate surface area is 198 Å². The van der Waals surface area contributed by atoms with Crippen molar-refractivity contribution >= 4 is 28.9 Å². The molecule has 3 aromatic rings. The summed E-state index contributed by atoms with van der Waals surface area (Å²) >= 11 is 0. The zero-order chi connectivity index (χ0) is 22.0. The van der Waals surface area contributed by atoms with Crippen LogP contribution in [0.2, 0.25) is 0 Å². The smallest absolute Gasteiger partial charge is 0.120 e. The minimum Gasteiger partial charge on any atom is -0.491 e. The highest BCUT2D eigenvalue weighted by Gasteiger charge is 2.17. The van der Waals surface area contributed by atoms with Crippen LogP contribution in [0.4, 0.5) is 0 Å². The number of rotatable bonds is 7. The van der Waals surface area contributed by atoms with E-state index in [0.717, 1.165) is 44.8 Å². The number of fused-ring (bicyclic) bond motifs is 1. The summed E-state index contributed by atoms with van der Waals surface area (Å²) in [7, 11) is 0. The van der Waals surface area contributed by atoms with Crippen molar-refractivity contribution in [2.75, 3.05) is 19.6 Å². The van der Waals surface area contributed by atoms with E-state index < -0.39 is 0 Å². The van der Waals surface area contributed by atoms with Crippen LogP contribution in [0.25, 0.3) is 16.5 Å². The fourth-order valence-electron chi connectivity index (χ4n) is 4.26. The molecule has 1 aliphatic rings. The number of hydrogen-bond donors (Lipinski definition) is 1. The summed E-state index contributed by atoms with van der Waals surface area (Å²) in [6, 6.07) is 6.33. The molecule has 0 atom stereocenters. The van der Waals surface area contributed by atoms with Gasteiger partial charge in [0.15, 0.2) is 0 Å². The number of aromatic nitrogens is 3. The van der Waals surface area contributed by atoms with Crippen molar-refractivity contribution in [1.82, 2.24) is 19.7 Å². The molecular weight excluding hydrogens is 420 g/mol. The van der Waals surface area contributed by atoms with Gasteiger partial charge in [0, 0.05) is 55.0 Å². The van der Waals surface area contributed by atoms with Crippen LogP contribution in [0.1, 0.15) is 52.2 Å². The highest BCUT2D eigenvalue weighted by molar-refractivity contribution is 5.93. The zero-order valence-corrected chi connectivity index (χ0v) is 20.8. The van der Waals surface area contributed by atoms with Gasteiger partial charge in [-0.1, -0.05) is 26.8 Å². The third-order valence-electron chi connectivity index (χ3n) is 5.70. The average molecular weight is 457 g/mol. The molecule has 4 rings (SSSR count). The molecule has 1 N–H and O–H groups in total. The molecule has 0 saturated carbocycles. The van der Waals surface area contributed by atoms with Crippen molar-refractivity contribution in [2.45, 2.75) is 60.1 Å². The molecule has 0 aliphatic carbocycles. The number of nitrogens with zero attached hydrogens (tertiary/aromatic N) is 3. The van der Waals surface area contributed by atoms with E-state index in [-0.39, 0.29) is 23.9 Å². The highest BCUT2D eigenvalue weighted by atomic mass is 35.5. The molecular formula is C26H37ClN4O. The molecule has 32 heavy (non-hydrogen) atoms. The number of aromatic amines is 1. The van der Waals surface area contributed by atoms with E-state index in [4.69, 9.17) is 4.74 Å². The monoisotopic (exact) mass is 456 g/mol. The van der Waals surface area contributed by atoms with Crippen molar-refractivity contribution in [2.24, 2.45) is 5.41 Å². The van der Waals surface area contributed by atoms with Crippen LogP contribution in [0, 0.1) is 5.41 Å². The maximum Gasteiger partial charge on any atom is 0.120 e. The molecule has 2 aromatic heterocycles. The van der Waals surface area contributed by atoms with Gasteiger partial charge in [0.05, 0.1) is 12.3 Å². The van der Waals surface area contributed by atoms with Crippen molar-refractivity contribution in [3.8, 4) is 5.75 Å². The molecule has 3 heterocycles. The Morgan fingerprint density at radius 2 is 2.03 bits per heavy atom. The first kappa shape index (κ1) is 24.4. The highest BCUT2D eigenvalue weighted by Crippen LogP contribution is 2.32. The third-order valence-corrected chi connectivity index (χ3v) is 5.70. The minimum atomic E-state index is 0. The number of H-pyrrole nitrogens is 1. The maximum absolute atomic E-state index is 5.90. The van der Waals surface area contributed by atoms with Gasteiger partial charge in [-0.2, -0.15) is 5.10 Å². The lowest BCUT2D eigenvalue weighted by atomic mass is 9.97. The third kappa shape index (κ3) is 6.17. The van der Waals surface area contributed by atoms with E-state index in [1.807, 2.05) is 12.3 Å². The molecule has 0 radical (unpaired) electrons. The van der Waals surface area contributed by atoms with E-state index in [1.54, 1.807) is 0 Å². The fraction of sp³-hybridized carbons (Fsp3) is 0.500. The number of ether oxygens (including phenoxy) is 1. The number of nitrogens with one attached hydrogen (secondary N) is 1. The molecule has 0 bridgehead atoms. The van der Waals surface area contributed by atoms with Gasteiger partial charge in [-0.05, 0) is 61.4 Å². The first-order valence-corrected chi connectivity index (χ1v) is 11.5. The number of halogens is 1. The summed E-state index contributed by atoms with van der Waals surface area (Å²) in [6.07, 6.45) is 11.1. The molecule has 0 saturated heterocycles. The Balaban J connectivity index is 0.00000289. The van der Waals surface area contributed by atoms with Crippen LogP contribution >= 0.6 is 12.4 Å². The first-order chi connectivity index (χ1) is 14.8. The van der Waals surface area contributed by atoms with Gasteiger partial charge in [0.2, 0.25) is 0 Å². The van der Waals surface area contributed by atoms with E-state index in [0.29, 0.717) is 0 Å². The predicted molar refractivity (Wildman–Crippen MR) is 136 cm³/mol. The Bertz CT molecular complexity index is 1060. The SMILES string of the molecule is CC(C)Oc1ccc2[nH]cc(C3=CCN(CCc4cnn(CC(C)(C)C)c4)CC3)c2c1.Cl. The lowest BCUT2D eigenvalue weighted by Crippen LogP contribution is -2.30. The van der Waals surface area contributed by atoms with Gasteiger partial charge in [0.1, 0.15) is 5.75 Å². The van der Waals surface area contributed by atoms with Gasteiger partial charge >= 0.3 is 0 Å². The van der Waals surface area contributed by atoms with Gasteiger partial charge in [-0.25, -0.2) is 0 Å². The van der Waals surface area contributed by atoms with Gasteiger partial charge in [-0.3, -0.25) is 9.58 Å². The van der Waals surface area contributed by atoms with Gasteiger partial charge < -0.3 is 9.72 Å². The van der Waals surface area contributed by atoms with Crippen LogP contribution < -0.4 is 4.74 Å². The molecule has 6 heteroatoms. The normalized spacial score (nSPS) is 15.1. The molecule has 0 spiro atoms. The van der Waals surface area contributed by atoms with E-state index >= 15 is 0 Å². The zero-order valence-electron chi connectivity index (χ0n) is 20.0. The van der Waals surface area contributed by atoms with Crippen LogP contribution in [-0.2, 0) is 13.0 Å². The first-order valence-electron chi connectivity index (χ1n) is 11.5. The molecule has 0 unspecified atom stereocenters. The Morgan fingerprint density at radius 3 is 2.72 bits per heavy atom. The summed E-state index contributed by atoms with van der Waals surface area (Å²) in [5.41, 5.74) is 5.49. The van der Waals surface area contributed by atoms with Crippen LogP contribution in [0.5, 0.6) is 5.75 Å². The molecule has 0 fully saturated rings. The largest absolute Gasteiger partial charge is 0.491 e. The minimum absolute atomic E-state index is 0. The summed E-state index contributed by atoms with van der Waals surface area (Å²) < 4.78 is 7.99. The molecule has 5 nitrogen and oxygen atoms in total. The standard InChI is InChI=1S/C26H36N4O.ClH/c1-19(2)31-22-6-7-25-23(14-22)24(16-27-25)21-9-12-29(13-10-21)11-8-20-15-28-30(17-20)18-26(3,4)5;/h6-7,9,14-17,19,27H,8,10-13,18H2,1-5H3;1H. The maximum atomic E-state index is 5.90. The second-order valence-corrected chi connectivity index (χ2v) is 10.2. The Kier molecular flexibility index (Phi) is 7.73. The van der Waals surface area contributed by atoms with Gasteiger partial charge in [0.25, 0.3) is 0 Å². The molecule has 174 valence electrons. The predicted octanol–water partition coefficient (Wildman–Crippen LogP) is 5.95. The average Bonchev–Trinajstić information content (AvgIpc) is 3.31. The van der Waals surface area contributed by atoms with Crippen molar-refractivity contribution in [3.63, 3.8) is 0 Å². The quantitative estimate of drug-likeness (QED) is 0.477. The van der Waals surface area contributed by atoms with Gasteiger partial charge in [-0.15, -0.1) is 12.4 Å². The summed E-state index contributed by atoms with van der Waals surface area (Å²) in [6.45, 7) is 15.0. The number of benzene rings is 1. The van der Waals surface area contributed by atoms with E-state index in [9.17, 15) is 0 Å². The van der Waals surface area contributed by atoms with E-state index in [1.165, 1.54) is 27.6 Å². The second kappa shape index (κ2) is 10.1. The van der Waals surface area contributed by atoms with E-state index in [2.05, 4.69) is 84.9 Å². The second-order valence-electron chi connectivity index (χ2n) is 10.2. The van der Waals surface area contributed by atoms with Crippen molar-refractivity contribution in [3.05, 3.63) is 54.0 Å². The fourth-order valence-corrected chi connectivity index (χ4v) is 4.26. The molecule has 1 aromatic carbocycles. The summed E-state index contributed by atoms with van der Waals surface area (Å²) in [4.78, 5) is 5.96. The Morgan fingerprint density at radius 1 is 1.22 bits per heavy atom. The lowest BCUT2D eigenvalue weighted by Gasteiger charge is -2.26. The molecule has 1 aliphatic heterocycles. The van der Waals surface area contributed by atoms with Crippen molar-refractivity contribution in [1.29, 1.82) is 0 Å². The Hall–Kier alpha value is -2.24. The number of hydrogen-bond acceptors (Lipinski definition) is 3.